The van der Waals surface area contributed by atoms with Crippen LogP contribution in [0, 0.1) is 0 Å². The van der Waals surface area contributed by atoms with Gasteiger partial charge in [-0.05, 0) is 24.3 Å². The molecule has 0 radical (unpaired) electrons. The lowest BCUT2D eigenvalue weighted by Crippen LogP contribution is -2.30. The van der Waals surface area contributed by atoms with Gasteiger partial charge in [0, 0.05) is 18.8 Å². The van der Waals surface area contributed by atoms with Crippen LogP contribution in [0.4, 0.5) is 10.8 Å². The van der Waals surface area contributed by atoms with Crippen molar-refractivity contribution in [1.29, 1.82) is 0 Å². The van der Waals surface area contributed by atoms with Crippen molar-refractivity contribution in [1.82, 2.24) is 4.98 Å². The van der Waals surface area contributed by atoms with Crippen LogP contribution in [0.1, 0.15) is 0 Å². The molecule has 2 heterocycles. The largest absolute Gasteiger partial charge is 0.494 e. The number of hydrogen-bond acceptors (Lipinski definition) is 7. The van der Waals surface area contributed by atoms with Gasteiger partial charge in [0.25, 0.3) is 0 Å². The summed E-state index contributed by atoms with van der Waals surface area (Å²) in [5.41, 5.74) is 1.47. The first-order chi connectivity index (χ1) is 13.1. The van der Waals surface area contributed by atoms with Crippen LogP contribution in [-0.4, -0.2) is 44.8 Å². The number of rotatable bonds is 5. The summed E-state index contributed by atoms with van der Waals surface area (Å²) in [4.78, 5) is 18.9. The molecule has 0 spiro atoms. The number of thiazole rings is 1. The number of para-hydroxylation sites is 1. The molecule has 1 aliphatic heterocycles. The minimum Gasteiger partial charge on any atom is -0.494 e. The van der Waals surface area contributed by atoms with E-state index in [1.54, 1.807) is 25.3 Å². The summed E-state index contributed by atoms with van der Waals surface area (Å²) in [6.45, 7) is 1.22. The molecule has 27 heavy (non-hydrogen) atoms. The summed E-state index contributed by atoms with van der Waals surface area (Å²) in [7, 11) is 3.46. The van der Waals surface area contributed by atoms with Crippen LogP contribution >= 0.6 is 11.3 Å². The van der Waals surface area contributed by atoms with Crippen molar-refractivity contribution >= 4 is 38.3 Å². The predicted octanol–water partition coefficient (Wildman–Crippen LogP) is 3.15. The van der Waals surface area contributed by atoms with E-state index in [1.807, 2.05) is 30.1 Å². The smallest absolute Gasteiger partial charge is 0.243 e. The molecule has 2 aromatic carbocycles. The molecule has 0 fully saturated rings. The van der Waals surface area contributed by atoms with Gasteiger partial charge in [0.15, 0.2) is 16.6 Å². The highest BCUT2D eigenvalue weighted by Gasteiger charge is 2.16. The van der Waals surface area contributed by atoms with Crippen molar-refractivity contribution in [2.24, 2.45) is 0 Å². The topological polar surface area (TPSA) is 72.9 Å². The number of benzene rings is 2. The van der Waals surface area contributed by atoms with Crippen LogP contribution < -0.4 is 24.4 Å². The van der Waals surface area contributed by atoms with Gasteiger partial charge >= 0.3 is 0 Å². The van der Waals surface area contributed by atoms with E-state index in [0.29, 0.717) is 30.4 Å². The monoisotopic (exact) mass is 385 g/mol. The molecular formula is C19H19N3O4S. The summed E-state index contributed by atoms with van der Waals surface area (Å²) in [5.74, 6) is 1.93. The van der Waals surface area contributed by atoms with Crippen molar-refractivity contribution < 1.29 is 19.0 Å². The lowest BCUT2D eigenvalue weighted by Gasteiger charge is -2.19. The number of carbonyl (C=O) groups excluding carboxylic acids is 1. The van der Waals surface area contributed by atoms with Gasteiger partial charge < -0.3 is 24.4 Å². The molecule has 0 aliphatic carbocycles. The first-order valence-electron chi connectivity index (χ1n) is 8.48. The number of hydrogen-bond donors (Lipinski definition) is 1. The number of nitrogens with zero attached hydrogens (tertiary/aromatic N) is 2. The lowest BCUT2D eigenvalue weighted by molar-refractivity contribution is -0.114. The Balaban J connectivity index is 1.45. The Labute approximate surface area is 160 Å². The van der Waals surface area contributed by atoms with Crippen molar-refractivity contribution in [3.05, 3.63) is 36.4 Å². The quantitative estimate of drug-likeness (QED) is 0.727. The summed E-state index contributed by atoms with van der Waals surface area (Å²) >= 11 is 1.52. The number of methoxy groups -OCH3 is 1. The third-order valence-electron chi connectivity index (χ3n) is 4.12. The maximum Gasteiger partial charge on any atom is 0.243 e. The van der Waals surface area contributed by atoms with Crippen molar-refractivity contribution in [3.63, 3.8) is 0 Å². The molecule has 0 bridgehead atoms. The third-order valence-corrected chi connectivity index (χ3v) is 5.26. The van der Waals surface area contributed by atoms with Gasteiger partial charge in [-0.2, -0.15) is 0 Å². The average Bonchev–Trinajstić information content (AvgIpc) is 3.12. The molecule has 0 saturated heterocycles. The number of nitrogens with one attached hydrogen (secondary N) is 1. The van der Waals surface area contributed by atoms with E-state index in [0.717, 1.165) is 21.1 Å². The maximum absolute atomic E-state index is 12.4. The lowest BCUT2D eigenvalue weighted by atomic mass is 10.2. The normalized spacial score (nSPS) is 12.7. The van der Waals surface area contributed by atoms with Crippen LogP contribution in [0.3, 0.4) is 0 Å². The standard InChI is InChI=1S/C19H19N3O4S/c1-22(19-21-18-14(24-2)4-3-5-16(18)27-19)11-17(23)20-12-6-7-13-15(10-12)26-9-8-25-13/h3-7,10H,8-9,11H2,1-2H3,(H,20,23). The Morgan fingerprint density at radius 1 is 1.26 bits per heavy atom. The van der Waals surface area contributed by atoms with Crippen LogP contribution in [0.2, 0.25) is 0 Å². The number of likely N-dealkylation sites (N-methyl/N-ethyl adjacent to an activating group) is 1. The highest BCUT2D eigenvalue weighted by atomic mass is 32.1. The minimum absolute atomic E-state index is 0.139. The van der Waals surface area contributed by atoms with Crippen LogP contribution in [0.25, 0.3) is 10.2 Å². The Morgan fingerprint density at radius 3 is 2.89 bits per heavy atom. The fraction of sp³-hybridized carbons (Fsp3) is 0.263. The molecule has 140 valence electrons. The van der Waals surface area contributed by atoms with Gasteiger partial charge in [-0.3, -0.25) is 4.79 Å². The van der Waals surface area contributed by atoms with Gasteiger partial charge in [0.1, 0.15) is 24.5 Å². The maximum atomic E-state index is 12.4. The van der Waals surface area contributed by atoms with Crippen LogP contribution in [0.5, 0.6) is 17.2 Å². The van der Waals surface area contributed by atoms with Crippen molar-refractivity contribution in [2.75, 3.05) is 44.1 Å². The molecule has 1 amide bonds. The SMILES string of the molecule is COc1cccc2sc(N(C)CC(=O)Nc3ccc4c(c3)OCCO4)nc12. The van der Waals surface area contributed by atoms with Gasteiger partial charge in [0.05, 0.1) is 18.4 Å². The Morgan fingerprint density at radius 2 is 2.07 bits per heavy atom. The Hall–Kier alpha value is -3.00. The zero-order chi connectivity index (χ0) is 18.8. The number of amides is 1. The van der Waals surface area contributed by atoms with E-state index in [2.05, 4.69) is 10.3 Å². The predicted molar refractivity (Wildman–Crippen MR) is 106 cm³/mol. The first-order valence-corrected chi connectivity index (χ1v) is 9.30. The zero-order valence-corrected chi connectivity index (χ0v) is 15.8. The summed E-state index contributed by atoms with van der Waals surface area (Å²) in [6, 6.07) is 11.2. The van der Waals surface area contributed by atoms with E-state index in [4.69, 9.17) is 14.2 Å². The van der Waals surface area contributed by atoms with Gasteiger partial charge in [-0.25, -0.2) is 4.98 Å². The number of ether oxygens (including phenoxy) is 3. The first kappa shape index (κ1) is 17.4. The second-order valence-corrected chi connectivity index (χ2v) is 7.08. The second-order valence-electron chi connectivity index (χ2n) is 6.07. The van der Waals surface area contributed by atoms with E-state index in [1.165, 1.54) is 11.3 Å². The van der Waals surface area contributed by atoms with Gasteiger partial charge in [-0.1, -0.05) is 17.4 Å². The molecule has 0 atom stereocenters. The van der Waals surface area contributed by atoms with Gasteiger partial charge in [0.2, 0.25) is 5.91 Å². The molecule has 1 aliphatic rings. The molecule has 4 rings (SSSR count). The average molecular weight is 385 g/mol. The molecule has 0 unspecified atom stereocenters. The van der Waals surface area contributed by atoms with E-state index in [-0.39, 0.29) is 12.5 Å². The molecular weight excluding hydrogens is 366 g/mol. The zero-order valence-electron chi connectivity index (χ0n) is 15.0. The number of anilines is 2. The summed E-state index contributed by atoms with van der Waals surface area (Å²) in [5, 5.41) is 3.64. The van der Waals surface area contributed by atoms with Crippen molar-refractivity contribution in [2.45, 2.75) is 0 Å². The third kappa shape index (κ3) is 3.61. The fourth-order valence-electron chi connectivity index (χ4n) is 2.84. The molecule has 1 aromatic heterocycles. The van der Waals surface area contributed by atoms with E-state index in [9.17, 15) is 4.79 Å². The fourth-order valence-corrected chi connectivity index (χ4v) is 3.79. The summed E-state index contributed by atoms with van der Waals surface area (Å²) < 4.78 is 17.4. The minimum atomic E-state index is -0.139. The molecule has 8 heteroatoms. The number of carbonyl (C=O) groups is 1. The molecule has 7 nitrogen and oxygen atoms in total. The van der Waals surface area contributed by atoms with Crippen LogP contribution in [0.15, 0.2) is 36.4 Å². The molecule has 1 N–H and O–H groups in total. The molecule has 3 aromatic rings. The van der Waals surface area contributed by atoms with Crippen LogP contribution in [-0.2, 0) is 4.79 Å². The second kappa shape index (κ2) is 7.32. The highest BCUT2D eigenvalue weighted by Crippen LogP contribution is 2.34. The van der Waals surface area contributed by atoms with Crippen molar-refractivity contribution in [3.8, 4) is 17.2 Å². The Kier molecular flexibility index (Phi) is 4.72. The van der Waals surface area contributed by atoms with E-state index < -0.39 is 0 Å². The molecule has 0 saturated carbocycles. The Bertz CT molecular complexity index is 988. The highest BCUT2D eigenvalue weighted by molar-refractivity contribution is 7.22. The summed E-state index contributed by atoms with van der Waals surface area (Å²) in [6.07, 6.45) is 0. The van der Waals surface area contributed by atoms with E-state index >= 15 is 0 Å². The number of aromatic nitrogens is 1. The van der Waals surface area contributed by atoms with Gasteiger partial charge in [-0.15, -0.1) is 0 Å². The number of fused-ring (bicyclic) bond motifs is 2.